The zero-order valence-electron chi connectivity index (χ0n) is 42.1. The Morgan fingerprint density at radius 2 is 0.541 bits per heavy atom. The van der Waals surface area contributed by atoms with Gasteiger partial charge in [0.1, 0.15) is 0 Å². The minimum Gasteiger partial charge on any atom is -0.479 e. The fraction of sp³-hybridized carbons (Fsp3) is 0.964. The highest BCUT2D eigenvalue weighted by atomic mass is 16.6. The van der Waals surface area contributed by atoms with Crippen molar-refractivity contribution in [2.75, 3.05) is 6.61 Å². The molecule has 61 heavy (non-hydrogen) atoms. The quantitative estimate of drug-likeness (QED) is 0.0470. The maximum absolute atomic E-state index is 12.2. The minimum absolute atomic E-state index is 0.340. The number of carboxylic acid groups (broad SMARTS) is 1. The molecule has 0 aromatic rings. The van der Waals surface area contributed by atoms with Gasteiger partial charge in [-0.05, 0) is 25.7 Å². The van der Waals surface area contributed by atoms with Crippen molar-refractivity contribution in [3.8, 4) is 0 Å². The highest BCUT2D eigenvalue weighted by Crippen LogP contribution is 2.18. The van der Waals surface area contributed by atoms with E-state index >= 15 is 0 Å². The third kappa shape index (κ3) is 56.9. The van der Waals surface area contributed by atoms with Crippen LogP contribution in [0.15, 0.2) is 0 Å². The summed E-state index contributed by atoms with van der Waals surface area (Å²) < 4.78 is 5.31. The molecule has 1 unspecified atom stereocenters. The lowest BCUT2D eigenvalue weighted by atomic mass is 10.0. The molecular weight excluding hydrogens is 753 g/mol. The summed E-state index contributed by atoms with van der Waals surface area (Å²) in [5.41, 5.74) is 0. The molecular formula is C56H112O5. The molecule has 2 N–H and O–H groups in total. The van der Waals surface area contributed by atoms with Crippen LogP contribution in [0.3, 0.4) is 0 Å². The van der Waals surface area contributed by atoms with Crippen LogP contribution in [-0.4, -0.2) is 34.9 Å². The number of aliphatic hydroxyl groups is 1. The summed E-state index contributed by atoms with van der Waals surface area (Å²) in [7, 11) is 0. The number of unbranched alkanes of at least 4 members (excludes halogenated alkanes) is 44. The normalized spacial score (nSPS) is 11.7. The molecule has 5 nitrogen and oxygen atoms in total. The van der Waals surface area contributed by atoms with Gasteiger partial charge in [-0.15, -0.1) is 0 Å². The van der Waals surface area contributed by atoms with Crippen LogP contribution >= 0.6 is 0 Å². The summed E-state index contributed by atoms with van der Waals surface area (Å²) in [4.78, 5) is 23.7. The number of carbonyl (C=O) groups is 2. The van der Waals surface area contributed by atoms with E-state index in [0.717, 1.165) is 44.9 Å². The first-order valence-electron chi connectivity index (χ1n) is 28.1. The molecule has 0 amide bonds. The molecule has 5 heteroatoms. The maximum Gasteiger partial charge on any atom is 0.345 e. The van der Waals surface area contributed by atoms with E-state index in [4.69, 9.17) is 9.84 Å². The summed E-state index contributed by atoms with van der Waals surface area (Å²) in [5.74, 6) is -1.34. The van der Waals surface area contributed by atoms with Crippen LogP contribution in [0.25, 0.3) is 0 Å². The van der Waals surface area contributed by atoms with Crippen molar-refractivity contribution in [3.05, 3.63) is 0 Å². The van der Waals surface area contributed by atoms with Crippen LogP contribution in [0.4, 0.5) is 0 Å². The van der Waals surface area contributed by atoms with Gasteiger partial charge in [-0.2, -0.15) is 0 Å². The molecule has 0 rings (SSSR count). The number of carboxylic acids is 1. The van der Waals surface area contributed by atoms with Crippen molar-refractivity contribution in [1.82, 2.24) is 0 Å². The first kappa shape index (κ1) is 62.0. The van der Waals surface area contributed by atoms with Crippen LogP contribution < -0.4 is 0 Å². The van der Waals surface area contributed by atoms with Gasteiger partial charge < -0.3 is 14.9 Å². The predicted molar refractivity (Wildman–Crippen MR) is 268 cm³/mol. The molecule has 0 aromatic carbocycles. The first-order chi connectivity index (χ1) is 30.0. The second-order valence-corrected chi connectivity index (χ2v) is 19.1. The Hall–Kier alpha value is -1.10. The van der Waals surface area contributed by atoms with Crippen molar-refractivity contribution in [1.29, 1.82) is 0 Å². The van der Waals surface area contributed by atoms with Gasteiger partial charge in [-0.3, -0.25) is 4.79 Å². The van der Waals surface area contributed by atoms with Crippen LogP contribution in [0.1, 0.15) is 335 Å². The molecule has 0 fully saturated rings. The van der Waals surface area contributed by atoms with E-state index in [1.165, 1.54) is 257 Å². The number of ether oxygens (including phenoxy) is 1. The van der Waals surface area contributed by atoms with Gasteiger partial charge in [0.25, 0.3) is 0 Å². The summed E-state index contributed by atoms with van der Waals surface area (Å²) in [5, 5.41) is 18.1. The fourth-order valence-corrected chi connectivity index (χ4v) is 8.63. The molecule has 0 aromatic heterocycles. The van der Waals surface area contributed by atoms with Gasteiger partial charge in [-0.25, -0.2) is 4.79 Å². The molecule has 366 valence electrons. The summed E-state index contributed by atoms with van der Waals surface area (Å²) in [6.07, 6.45) is 62.2. The number of hydrogen-bond acceptors (Lipinski definition) is 4. The van der Waals surface area contributed by atoms with Crippen LogP contribution in [-0.2, 0) is 14.3 Å². The van der Waals surface area contributed by atoms with Gasteiger partial charge in [-0.1, -0.05) is 303 Å². The van der Waals surface area contributed by atoms with E-state index in [0.29, 0.717) is 19.4 Å². The Balaban J connectivity index is 0. The zero-order valence-corrected chi connectivity index (χ0v) is 42.1. The second-order valence-electron chi connectivity index (χ2n) is 19.1. The zero-order chi connectivity index (χ0) is 44.8. The van der Waals surface area contributed by atoms with Crippen LogP contribution in [0.2, 0.25) is 0 Å². The van der Waals surface area contributed by atoms with Crippen molar-refractivity contribution >= 4 is 11.9 Å². The Labute approximate surface area is 383 Å². The largest absolute Gasteiger partial charge is 0.479 e. The Morgan fingerprint density at radius 1 is 0.328 bits per heavy atom. The molecule has 0 saturated heterocycles. The van der Waals surface area contributed by atoms with Gasteiger partial charge >= 0.3 is 11.9 Å². The molecule has 0 spiro atoms. The molecule has 0 bridgehead atoms. The lowest BCUT2D eigenvalue weighted by Gasteiger charge is -2.13. The number of esters is 1. The van der Waals surface area contributed by atoms with E-state index in [2.05, 4.69) is 20.8 Å². The number of hydrogen-bond donors (Lipinski definition) is 2. The van der Waals surface area contributed by atoms with E-state index in [-0.39, 0.29) is 5.97 Å². The molecule has 0 radical (unpaired) electrons. The topological polar surface area (TPSA) is 83.8 Å². The highest BCUT2D eigenvalue weighted by Gasteiger charge is 2.21. The standard InChI is InChI=1S/C36H70O4.C20H42O/c1-3-5-7-9-11-13-15-17-19-21-23-25-27-29-31-33-35(37)40-34(36(38)39)32-30-28-26-24-22-20-18-16-14-12-10-8-6-4-2;1-2-3-4-5-6-7-8-9-10-11-12-13-14-15-16-17-18-19-20-21/h34H,3-33H2,1-2H3,(H,38,39);21H,2-20H2,1H3. The fourth-order valence-electron chi connectivity index (χ4n) is 8.63. The van der Waals surface area contributed by atoms with Crippen LogP contribution in [0.5, 0.6) is 0 Å². The van der Waals surface area contributed by atoms with Gasteiger partial charge in [0.05, 0.1) is 0 Å². The van der Waals surface area contributed by atoms with E-state index < -0.39 is 12.1 Å². The lowest BCUT2D eigenvalue weighted by molar-refractivity contribution is -0.164. The molecule has 0 aliphatic rings. The van der Waals surface area contributed by atoms with Crippen molar-refractivity contribution in [2.45, 2.75) is 341 Å². The van der Waals surface area contributed by atoms with Gasteiger partial charge in [0, 0.05) is 13.0 Å². The Morgan fingerprint density at radius 3 is 0.770 bits per heavy atom. The number of aliphatic carboxylic acids is 1. The van der Waals surface area contributed by atoms with Crippen molar-refractivity contribution in [3.63, 3.8) is 0 Å². The third-order valence-electron chi connectivity index (χ3n) is 12.9. The number of carbonyl (C=O) groups excluding carboxylic acids is 1. The predicted octanol–water partition coefficient (Wildman–Crippen LogP) is 19.1. The first-order valence-corrected chi connectivity index (χ1v) is 28.1. The summed E-state index contributed by atoms with van der Waals surface area (Å²) in [6, 6.07) is 0. The Bertz CT molecular complexity index is 797. The molecule has 0 aliphatic heterocycles. The average molecular weight is 866 g/mol. The summed E-state index contributed by atoms with van der Waals surface area (Å²) in [6.45, 7) is 7.20. The van der Waals surface area contributed by atoms with E-state index in [1.807, 2.05) is 0 Å². The average Bonchev–Trinajstić information content (AvgIpc) is 3.26. The smallest absolute Gasteiger partial charge is 0.345 e. The monoisotopic (exact) mass is 865 g/mol. The van der Waals surface area contributed by atoms with E-state index in [1.54, 1.807) is 0 Å². The second kappa shape index (κ2) is 56.9. The SMILES string of the molecule is CCCCCCCCCCCCCCCCCC(=O)OC(CCCCCCCCCCCCCCCC)C(=O)O.CCCCCCCCCCCCCCCCCCCCO. The van der Waals surface area contributed by atoms with Gasteiger partial charge in [0.15, 0.2) is 6.10 Å². The molecule has 1 atom stereocenters. The van der Waals surface area contributed by atoms with E-state index in [9.17, 15) is 14.7 Å². The molecule has 0 aliphatic carbocycles. The summed E-state index contributed by atoms with van der Waals surface area (Å²) >= 11 is 0. The van der Waals surface area contributed by atoms with Crippen molar-refractivity contribution < 1.29 is 24.5 Å². The number of rotatable bonds is 51. The van der Waals surface area contributed by atoms with Crippen molar-refractivity contribution in [2.24, 2.45) is 0 Å². The number of aliphatic hydroxyl groups excluding tert-OH is 1. The molecule has 0 saturated carbocycles. The molecule has 0 heterocycles. The third-order valence-corrected chi connectivity index (χ3v) is 12.9. The maximum atomic E-state index is 12.2. The van der Waals surface area contributed by atoms with Gasteiger partial charge in [0.2, 0.25) is 0 Å². The lowest BCUT2D eigenvalue weighted by Crippen LogP contribution is -2.27. The minimum atomic E-state index is -1.00. The highest BCUT2D eigenvalue weighted by molar-refractivity contribution is 5.77. The Kier molecular flexibility index (Phi) is 57.8. The van der Waals surface area contributed by atoms with Crippen LogP contribution in [0, 0.1) is 0 Å².